The summed E-state index contributed by atoms with van der Waals surface area (Å²) < 4.78 is 7.64. The van der Waals surface area contributed by atoms with Gasteiger partial charge in [-0.3, -0.25) is 0 Å². The van der Waals surface area contributed by atoms with Crippen LogP contribution in [0.2, 0.25) is 0 Å². The second-order valence-electron chi connectivity index (χ2n) is 6.82. The van der Waals surface area contributed by atoms with E-state index in [4.69, 9.17) is 14.8 Å². The minimum Gasteiger partial charge on any atom is -0.491 e. The molecule has 1 saturated carbocycles. The summed E-state index contributed by atoms with van der Waals surface area (Å²) in [6.07, 6.45) is 8.83. The number of hydrogen-bond acceptors (Lipinski definition) is 4. The van der Waals surface area contributed by atoms with Crippen LogP contribution in [0.4, 0.5) is 0 Å². The summed E-state index contributed by atoms with van der Waals surface area (Å²) in [6.45, 7) is 4.07. The van der Waals surface area contributed by atoms with Crippen LogP contribution in [-0.4, -0.2) is 20.7 Å². The summed E-state index contributed by atoms with van der Waals surface area (Å²) >= 11 is 1.75. The molecule has 0 saturated heterocycles. The lowest BCUT2D eigenvalue weighted by atomic mass is 9.90. The van der Waals surface area contributed by atoms with E-state index in [2.05, 4.69) is 12.1 Å². The van der Waals surface area contributed by atoms with Gasteiger partial charge in [0.25, 0.3) is 0 Å². The molecule has 1 aliphatic carbocycles. The fraction of sp³-hybridized carbons (Fsp3) is 0.474. The van der Waals surface area contributed by atoms with Gasteiger partial charge in [-0.2, -0.15) is 5.10 Å². The Labute approximate surface area is 146 Å². The van der Waals surface area contributed by atoms with Gasteiger partial charge in [0.1, 0.15) is 10.8 Å². The molecule has 4 nitrogen and oxygen atoms in total. The van der Waals surface area contributed by atoms with Gasteiger partial charge in [0.15, 0.2) is 0 Å². The predicted octanol–water partition coefficient (Wildman–Crippen LogP) is 5.29. The summed E-state index contributed by atoms with van der Waals surface area (Å²) in [4.78, 5) is 5.76. The van der Waals surface area contributed by atoms with Crippen LogP contribution >= 0.6 is 11.3 Å². The quantitative estimate of drug-likeness (QED) is 0.647. The first kappa shape index (κ1) is 15.6. The molecule has 1 aromatic carbocycles. The lowest BCUT2D eigenvalue weighted by Gasteiger charge is -2.18. The molecule has 2 aromatic heterocycles. The van der Waals surface area contributed by atoms with E-state index in [0.717, 1.165) is 22.0 Å². The molecule has 0 atom stereocenters. The molecule has 126 valence electrons. The van der Waals surface area contributed by atoms with Gasteiger partial charge in [0.05, 0.1) is 18.0 Å². The van der Waals surface area contributed by atoms with Crippen molar-refractivity contribution in [1.82, 2.24) is 14.6 Å². The molecule has 24 heavy (non-hydrogen) atoms. The third kappa shape index (κ3) is 3.18. The lowest BCUT2D eigenvalue weighted by molar-refractivity contribution is 0.242. The first-order valence-electron chi connectivity index (χ1n) is 8.82. The minimum atomic E-state index is 0.191. The number of ether oxygens (including phenoxy) is 1. The Hall–Kier alpha value is -1.88. The normalized spacial score (nSPS) is 16.1. The van der Waals surface area contributed by atoms with Gasteiger partial charge >= 0.3 is 0 Å². The Balaban J connectivity index is 1.55. The summed E-state index contributed by atoms with van der Waals surface area (Å²) in [5.41, 5.74) is 2.07. The summed E-state index contributed by atoms with van der Waals surface area (Å²) in [7, 11) is 0. The molecule has 0 radical (unpaired) electrons. The van der Waals surface area contributed by atoms with Crippen LogP contribution in [0.25, 0.3) is 16.2 Å². The van der Waals surface area contributed by atoms with Crippen LogP contribution < -0.4 is 4.74 Å². The Kier molecular flexibility index (Phi) is 4.27. The van der Waals surface area contributed by atoms with Crippen molar-refractivity contribution in [1.29, 1.82) is 0 Å². The zero-order chi connectivity index (χ0) is 16.5. The third-order valence-electron chi connectivity index (χ3n) is 4.54. The summed E-state index contributed by atoms with van der Waals surface area (Å²) in [6, 6.07) is 8.13. The van der Waals surface area contributed by atoms with E-state index in [0.29, 0.717) is 5.92 Å². The molecule has 0 spiro atoms. The number of aromatic nitrogens is 3. The fourth-order valence-electron chi connectivity index (χ4n) is 3.35. The Morgan fingerprint density at radius 1 is 1.12 bits per heavy atom. The predicted molar refractivity (Wildman–Crippen MR) is 97.9 cm³/mol. The van der Waals surface area contributed by atoms with Crippen LogP contribution in [-0.2, 0) is 0 Å². The zero-order valence-electron chi connectivity index (χ0n) is 14.2. The molecule has 0 N–H and O–H groups in total. The topological polar surface area (TPSA) is 39.4 Å². The first-order valence-corrected chi connectivity index (χ1v) is 9.64. The largest absolute Gasteiger partial charge is 0.491 e. The molecule has 5 heteroatoms. The number of nitrogens with zero attached hydrogens (tertiary/aromatic N) is 3. The van der Waals surface area contributed by atoms with E-state index >= 15 is 0 Å². The second kappa shape index (κ2) is 6.55. The van der Waals surface area contributed by atoms with Crippen molar-refractivity contribution in [3.8, 4) is 17.0 Å². The van der Waals surface area contributed by atoms with E-state index in [1.807, 2.05) is 36.7 Å². The van der Waals surface area contributed by atoms with Gasteiger partial charge in [-0.1, -0.05) is 30.6 Å². The van der Waals surface area contributed by atoms with Crippen molar-refractivity contribution < 1.29 is 4.74 Å². The standard InChI is InChI=1S/C19H23N3OS/c1-13(2)23-16-10-8-14(9-11-16)17-12-22-19(20-17)24-18(21-22)15-6-4-3-5-7-15/h8-13,15H,3-7H2,1-2H3. The fourth-order valence-corrected chi connectivity index (χ4v) is 4.39. The maximum Gasteiger partial charge on any atom is 0.212 e. The van der Waals surface area contributed by atoms with E-state index < -0.39 is 0 Å². The molecular formula is C19H23N3OS. The molecule has 0 aliphatic heterocycles. The van der Waals surface area contributed by atoms with E-state index in [-0.39, 0.29) is 6.10 Å². The number of imidazole rings is 1. The highest BCUT2D eigenvalue weighted by molar-refractivity contribution is 7.16. The Morgan fingerprint density at radius 3 is 2.54 bits per heavy atom. The van der Waals surface area contributed by atoms with E-state index in [1.54, 1.807) is 11.3 Å². The first-order chi connectivity index (χ1) is 11.7. The Bertz CT molecular complexity index is 781. The van der Waals surface area contributed by atoms with Crippen LogP contribution in [0.1, 0.15) is 56.9 Å². The average Bonchev–Trinajstić information content (AvgIpc) is 3.15. The van der Waals surface area contributed by atoms with Gasteiger partial charge in [-0.15, -0.1) is 0 Å². The number of fused-ring (bicyclic) bond motifs is 1. The van der Waals surface area contributed by atoms with E-state index in [1.165, 1.54) is 37.1 Å². The third-order valence-corrected chi connectivity index (χ3v) is 5.62. The molecule has 0 bridgehead atoms. The second-order valence-corrected chi connectivity index (χ2v) is 7.81. The summed E-state index contributed by atoms with van der Waals surface area (Å²) in [5.74, 6) is 1.54. The number of rotatable bonds is 4. The molecular weight excluding hydrogens is 318 g/mol. The maximum absolute atomic E-state index is 5.70. The average molecular weight is 341 g/mol. The molecule has 1 fully saturated rings. The van der Waals surface area contributed by atoms with Crippen molar-refractivity contribution in [3.05, 3.63) is 35.5 Å². The molecule has 2 heterocycles. The minimum absolute atomic E-state index is 0.191. The molecule has 3 aromatic rings. The monoisotopic (exact) mass is 341 g/mol. The maximum atomic E-state index is 5.70. The van der Waals surface area contributed by atoms with Gasteiger partial charge < -0.3 is 4.74 Å². The summed E-state index contributed by atoms with van der Waals surface area (Å²) in [5, 5.41) is 6.04. The van der Waals surface area contributed by atoms with E-state index in [9.17, 15) is 0 Å². The van der Waals surface area contributed by atoms with Crippen molar-refractivity contribution >= 4 is 16.3 Å². The van der Waals surface area contributed by atoms with Crippen LogP contribution in [0.15, 0.2) is 30.5 Å². The van der Waals surface area contributed by atoms with Crippen LogP contribution in [0.3, 0.4) is 0 Å². The van der Waals surface area contributed by atoms with Gasteiger partial charge in [0.2, 0.25) is 4.96 Å². The van der Waals surface area contributed by atoms with Crippen molar-refractivity contribution in [2.45, 2.75) is 58.0 Å². The zero-order valence-corrected chi connectivity index (χ0v) is 15.1. The highest BCUT2D eigenvalue weighted by atomic mass is 32.1. The highest BCUT2D eigenvalue weighted by Gasteiger charge is 2.20. The van der Waals surface area contributed by atoms with Gasteiger partial charge in [-0.25, -0.2) is 9.50 Å². The lowest BCUT2D eigenvalue weighted by Crippen LogP contribution is -2.05. The van der Waals surface area contributed by atoms with Crippen LogP contribution in [0.5, 0.6) is 5.75 Å². The molecule has 0 unspecified atom stereocenters. The highest BCUT2D eigenvalue weighted by Crippen LogP contribution is 2.35. The Morgan fingerprint density at radius 2 is 1.88 bits per heavy atom. The molecule has 4 rings (SSSR count). The van der Waals surface area contributed by atoms with Crippen LogP contribution in [0, 0.1) is 0 Å². The SMILES string of the molecule is CC(C)Oc1ccc(-c2cn3nc(C4CCCCC4)sc3n2)cc1. The number of hydrogen-bond donors (Lipinski definition) is 0. The number of benzene rings is 1. The van der Waals surface area contributed by atoms with Crippen molar-refractivity contribution in [3.63, 3.8) is 0 Å². The smallest absolute Gasteiger partial charge is 0.212 e. The molecule has 1 aliphatic rings. The van der Waals surface area contributed by atoms with Gasteiger partial charge in [0, 0.05) is 11.5 Å². The molecule has 0 amide bonds. The van der Waals surface area contributed by atoms with Crippen molar-refractivity contribution in [2.24, 2.45) is 0 Å². The van der Waals surface area contributed by atoms with Gasteiger partial charge in [-0.05, 0) is 51.0 Å². The van der Waals surface area contributed by atoms with Crippen molar-refractivity contribution in [2.75, 3.05) is 0 Å².